The quantitative estimate of drug-likeness (QED) is 0.0308. The molecule has 7 aromatic heterocycles. The minimum Gasteiger partial charge on any atom is -0.348 e. The number of carbonyl (C=O) groups is 8. The molecular formula is C98H96N14O8S4. The number of benzene rings is 7. The minimum atomic E-state index is 0.0707. The average molecular weight is 1730 g/mol. The molecule has 11 N–H and O–H groups in total. The predicted octanol–water partition coefficient (Wildman–Crippen LogP) is 19.7. The molecule has 0 saturated heterocycles. The number of aryl methyl sites for hydroxylation is 7. The molecule has 7 aliphatic carbocycles. The Morgan fingerprint density at radius 2 is 0.589 bits per heavy atom. The molecule has 0 aliphatic heterocycles. The molecule has 0 radical (unpaired) electrons. The molecule has 7 aromatic carbocycles. The maximum atomic E-state index is 12.4. The highest BCUT2D eigenvalue weighted by Crippen LogP contribution is 2.34. The van der Waals surface area contributed by atoms with E-state index in [0.29, 0.717) is 36.8 Å². The summed E-state index contributed by atoms with van der Waals surface area (Å²) in [4.78, 5) is 139. The van der Waals surface area contributed by atoms with Crippen LogP contribution in [0.1, 0.15) is 207 Å². The van der Waals surface area contributed by atoms with Crippen molar-refractivity contribution in [3.63, 3.8) is 0 Å². The summed E-state index contributed by atoms with van der Waals surface area (Å²) >= 11 is 20.0. The zero-order valence-corrected chi connectivity index (χ0v) is 71.6. The normalized spacial score (nSPS) is 17.7. The fourth-order valence-corrected chi connectivity index (χ4v) is 17.8. The zero-order valence-electron chi connectivity index (χ0n) is 68.4. The van der Waals surface area contributed by atoms with E-state index in [9.17, 15) is 38.4 Å². The van der Waals surface area contributed by atoms with E-state index in [1.54, 1.807) is 25.0 Å². The van der Waals surface area contributed by atoms with E-state index in [1.165, 1.54) is 45.9 Å². The Balaban J connectivity index is 0.000000117. The van der Waals surface area contributed by atoms with Crippen LogP contribution in [0.15, 0.2) is 238 Å². The van der Waals surface area contributed by atoms with Crippen LogP contribution in [0.4, 0.5) is 0 Å². The molecule has 0 amide bonds. The Bertz CT molecular complexity index is 5900. The van der Waals surface area contributed by atoms with Crippen molar-refractivity contribution in [1.82, 2.24) is 69.8 Å². The maximum Gasteiger partial charge on any atom is 0.189 e. The first-order valence-electron chi connectivity index (χ1n) is 42.0. The number of fused-ring (bicyclic) bond motifs is 7. The van der Waals surface area contributed by atoms with Gasteiger partial charge in [-0.1, -0.05) is 170 Å². The van der Waals surface area contributed by atoms with Gasteiger partial charge in [-0.15, -0.1) is 0 Å². The third-order valence-electron chi connectivity index (χ3n) is 23.5. The monoisotopic (exact) mass is 1720 g/mol. The van der Waals surface area contributed by atoms with Crippen molar-refractivity contribution in [2.45, 2.75) is 128 Å². The Hall–Kier alpha value is -13.0. The number of ketones is 7. The van der Waals surface area contributed by atoms with Crippen molar-refractivity contribution in [2.24, 2.45) is 29.6 Å². The first-order valence-corrected chi connectivity index (χ1v) is 43.6. The molecule has 5 atom stereocenters. The first-order chi connectivity index (χ1) is 60.4. The highest BCUT2D eigenvalue weighted by atomic mass is 32.1. The molecule has 14 aromatic rings. The summed E-state index contributed by atoms with van der Waals surface area (Å²) in [6.45, 7) is 0. The number of nitrogens with one attached hydrogen (secondary N) is 11. The maximum absolute atomic E-state index is 12.4. The minimum absolute atomic E-state index is 0.0707. The summed E-state index contributed by atoms with van der Waals surface area (Å²) in [7, 11) is 0. The molecule has 630 valence electrons. The lowest BCUT2D eigenvalue weighted by molar-refractivity contribution is 0.0893. The fourth-order valence-electron chi connectivity index (χ4n) is 17.0. The van der Waals surface area contributed by atoms with Crippen molar-refractivity contribution >= 4 is 102 Å². The number of hydrogen-bond acceptors (Lipinski definition) is 15. The highest BCUT2D eigenvalue weighted by molar-refractivity contribution is 7.71. The fraction of sp³-hybridized carbons (Fsp3) is 0.255. The standard InChI is InChI=1S/4C14H14N2OS.C14H14N2O.C14H12N2O.C10H10O.C4H4N2O/c4*17-13-10(7-11-8-15-14(18)16-11)6-5-9-3-1-2-4-12(9)13;2*17-14-11(7-12-8-15-9-16-12)6-5-10-3-1-2-4-13(10)14;11-10-7-3-5-8-4-1-2-6-9(8)10;7-2-4-1-5-3-6-4/h4*1-4,8,10H,5-7H2,(H2,15,16,18);1-4,8-9,11H,5-7H2,(H,15,16);1-4,7-9H,5-6H2,(H,15,16);1-2,4,6H,3,5,7H2;1-3H,(H,5,6)/b;;;;;11-7+;;/t10-;;;;;;;/m1......./s1. The molecule has 21 rings (SSSR count). The van der Waals surface area contributed by atoms with Crippen molar-refractivity contribution in [3.8, 4) is 0 Å². The van der Waals surface area contributed by atoms with E-state index < -0.39 is 0 Å². The van der Waals surface area contributed by atoms with Crippen molar-refractivity contribution in [3.05, 3.63) is 375 Å². The van der Waals surface area contributed by atoms with Crippen LogP contribution in [0.5, 0.6) is 0 Å². The van der Waals surface area contributed by atoms with Crippen LogP contribution in [0.3, 0.4) is 0 Å². The van der Waals surface area contributed by atoms with Gasteiger partial charge in [0.25, 0.3) is 0 Å². The van der Waals surface area contributed by atoms with Gasteiger partial charge in [-0.25, -0.2) is 15.0 Å². The number of Topliss-reactive ketones (excluding diaryl/α,β-unsaturated/α-hetero) is 7. The number of aromatic nitrogens is 14. The molecule has 22 nitrogen and oxygen atoms in total. The van der Waals surface area contributed by atoms with Gasteiger partial charge in [0.1, 0.15) is 0 Å². The van der Waals surface area contributed by atoms with E-state index >= 15 is 0 Å². The SMILES string of the molecule is O=C1/C(=C/c2cnc[nH]2)CCc2ccccc21.O=C1CCCc2ccccc21.O=C1c2ccccc2CCC1Cc1c[nH]c(=S)[nH]1.O=C1c2ccccc2CCC1Cc1c[nH]c(=S)[nH]1.O=C1c2ccccc2CCC1Cc1c[nH]c(=S)[nH]1.O=C1c2ccccc2CCC1Cc1cnc[nH]1.O=C1c2ccccc2CC[C@@H]1Cc1c[nH]c(=S)[nH]1.O=Cc1cnc[nH]1. The summed E-state index contributed by atoms with van der Waals surface area (Å²) in [5.41, 5.74) is 21.9. The van der Waals surface area contributed by atoms with Gasteiger partial charge in [0.15, 0.2) is 65.9 Å². The van der Waals surface area contributed by atoms with Gasteiger partial charge >= 0.3 is 0 Å². The molecule has 26 heteroatoms. The number of nitrogens with zero attached hydrogens (tertiary/aromatic N) is 3. The number of H-pyrrole nitrogens is 11. The van der Waals surface area contributed by atoms with E-state index in [4.69, 9.17) is 48.9 Å². The lowest BCUT2D eigenvalue weighted by atomic mass is 9.81. The molecular weight excluding hydrogens is 1630 g/mol. The van der Waals surface area contributed by atoms with Crippen LogP contribution in [0.25, 0.3) is 6.08 Å². The van der Waals surface area contributed by atoms with Crippen LogP contribution < -0.4 is 0 Å². The largest absolute Gasteiger partial charge is 0.348 e. The average Bonchev–Trinajstić information content (AvgIpc) is 1.32. The van der Waals surface area contributed by atoms with Crippen LogP contribution >= 0.6 is 48.9 Å². The number of carbonyl (C=O) groups excluding carboxylic acids is 8. The Morgan fingerprint density at radius 3 is 0.879 bits per heavy atom. The van der Waals surface area contributed by atoms with Crippen LogP contribution in [-0.4, -0.2) is 117 Å². The third-order valence-corrected chi connectivity index (χ3v) is 24.3. The van der Waals surface area contributed by atoms with E-state index in [-0.39, 0.29) is 64.3 Å². The third kappa shape index (κ3) is 23.0. The Kier molecular flexibility index (Phi) is 30.1. The summed E-state index contributed by atoms with van der Waals surface area (Å²) in [5.74, 6) is 2.16. The van der Waals surface area contributed by atoms with Crippen molar-refractivity contribution in [1.29, 1.82) is 0 Å². The van der Waals surface area contributed by atoms with E-state index in [2.05, 4.69) is 75.8 Å². The summed E-state index contributed by atoms with van der Waals surface area (Å²) in [6, 6.07) is 55.3. The van der Waals surface area contributed by atoms with Gasteiger partial charge in [-0.05, 0) is 216 Å². The second-order valence-corrected chi connectivity index (χ2v) is 33.3. The molecule has 7 aliphatic rings. The van der Waals surface area contributed by atoms with Gasteiger partial charge in [-0.3, -0.25) is 38.4 Å². The van der Waals surface area contributed by atoms with Crippen LogP contribution in [0, 0.1) is 48.7 Å². The lowest BCUT2D eigenvalue weighted by Crippen LogP contribution is -2.24. The number of hydrogen-bond donors (Lipinski definition) is 11. The summed E-state index contributed by atoms with van der Waals surface area (Å²) in [5, 5.41) is 0. The molecule has 124 heavy (non-hydrogen) atoms. The highest BCUT2D eigenvalue weighted by Gasteiger charge is 2.33. The van der Waals surface area contributed by atoms with Crippen LogP contribution in [0.2, 0.25) is 0 Å². The molecule has 0 fully saturated rings. The zero-order chi connectivity index (χ0) is 86.3. The number of allylic oxidation sites excluding steroid dienone is 1. The van der Waals surface area contributed by atoms with Gasteiger partial charge < -0.3 is 54.8 Å². The Morgan fingerprint density at radius 1 is 0.298 bits per heavy atom. The van der Waals surface area contributed by atoms with E-state index in [1.807, 2.05) is 195 Å². The summed E-state index contributed by atoms with van der Waals surface area (Å²) < 4.78 is 2.48. The van der Waals surface area contributed by atoms with Crippen molar-refractivity contribution < 1.29 is 38.4 Å². The van der Waals surface area contributed by atoms with Crippen molar-refractivity contribution in [2.75, 3.05) is 0 Å². The lowest BCUT2D eigenvalue weighted by Gasteiger charge is -2.22. The molecule has 4 unspecified atom stereocenters. The molecule has 0 bridgehead atoms. The molecule has 0 spiro atoms. The summed E-state index contributed by atoms with van der Waals surface area (Å²) in [6.07, 6.45) is 37.6. The van der Waals surface area contributed by atoms with Gasteiger partial charge in [-0.2, -0.15) is 0 Å². The van der Waals surface area contributed by atoms with E-state index in [0.717, 1.165) is 213 Å². The smallest absolute Gasteiger partial charge is 0.189 e. The second-order valence-electron chi connectivity index (χ2n) is 31.7. The van der Waals surface area contributed by atoms with Gasteiger partial charge in [0.2, 0.25) is 0 Å². The van der Waals surface area contributed by atoms with Gasteiger partial charge in [0.05, 0.1) is 42.8 Å². The predicted molar refractivity (Wildman–Crippen MR) is 487 cm³/mol. The topological polar surface area (TPSA) is 349 Å². The second kappa shape index (κ2) is 42.7. The van der Waals surface area contributed by atoms with Gasteiger partial charge in [0, 0.05) is 140 Å². The van der Waals surface area contributed by atoms with Crippen LogP contribution in [-0.2, 0) is 77.0 Å². The number of rotatable bonds is 12. The Labute approximate surface area is 737 Å². The first kappa shape index (κ1) is 87.3. The number of imidazole rings is 7. The number of aromatic amines is 11. The molecule has 7 heterocycles. The number of aldehydes is 1. The molecule has 0 saturated carbocycles.